The molecular weight excluding hydrogens is 254 g/mol. The van der Waals surface area contributed by atoms with E-state index in [0.29, 0.717) is 5.56 Å². The van der Waals surface area contributed by atoms with Crippen molar-refractivity contribution in [3.8, 4) is 0 Å². The number of nitro groups is 1. The van der Waals surface area contributed by atoms with Crippen LogP contribution in [0.1, 0.15) is 5.56 Å². The molecule has 0 aromatic heterocycles. The Bertz CT molecular complexity index is 354. The molecule has 1 rings (SSSR count). The first-order valence-electron chi connectivity index (χ1n) is 3.54. The number of thioether (sulfide) groups is 1. The van der Waals surface area contributed by atoms with Gasteiger partial charge < -0.3 is 0 Å². The van der Waals surface area contributed by atoms with Crippen molar-refractivity contribution in [3.05, 3.63) is 32.3 Å². The summed E-state index contributed by atoms with van der Waals surface area (Å²) in [4.78, 5) is 11.1. The van der Waals surface area contributed by atoms with Gasteiger partial charge in [-0.1, -0.05) is 15.9 Å². The van der Waals surface area contributed by atoms with Crippen LogP contribution >= 0.6 is 27.7 Å². The highest BCUT2D eigenvalue weighted by Crippen LogP contribution is 2.31. The summed E-state index contributed by atoms with van der Waals surface area (Å²) in [6, 6.07) is 3.47. The summed E-state index contributed by atoms with van der Waals surface area (Å²) < 4.78 is 0.783. The highest BCUT2D eigenvalue weighted by atomic mass is 79.9. The SMILES string of the molecule is CSc1cc(Br)c(C)c([N+](=O)[O-])c1. The maximum atomic E-state index is 10.6. The van der Waals surface area contributed by atoms with Gasteiger partial charge in [-0.25, -0.2) is 0 Å². The van der Waals surface area contributed by atoms with E-state index in [-0.39, 0.29) is 10.6 Å². The summed E-state index contributed by atoms with van der Waals surface area (Å²) in [5, 5.41) is 10.6. The van der Waals surface area contributed by atoms with E-state index in [1.807, 2.05) is 12.3 Å². The number of nitro benzene ring substituents is 1. The summed E-state index contributed by atoms with van der Waals surface area (Å²) in [6.45, 7) is 1.73. The van der Waals surface area contributed by atoms with Gasteiger partial charge in [-0.05, 0) is 19.2 Å². The second-order valence-corrected chi connectivity index (χ2v) is 4.24. The smallest absolute Gasteiger partial charge is 0.258 e. The molecule has 0 atom stereocenters. The van der Waals surface area contributed by atoms with E-state index in [1.165, 1.54) is 11.8 Å². The number of nitrogens with zero attached hydrogens (tertiary/aromatic N) is 1. The van der Waals surface area contributed by atoms with Gasteiger partial charge in [0.25, 0.3) is 5.69 Å². The predicted octanol–water partition coefficient (Wildman–Crippen LogP) is 3.39. The molecule has 0 N–H and O–H groups in total. The molecule has 0 spiro atoms. The Kier molecular flexibility index (Phi) is 3.33. The molecule has 0 aliphatic rings. The molecule has 0 aliphatic heterocycles. The fraction of sp³-hybridized carbons (Fsp3) is 0.250. The summed E-state index contributed by atoms with van der Waals surface area (Å²) >= 11 is 4.78. The molecular formula is C8H8BrNO2S. The molecule has 0 saturated heterocycles. The fourth-order valence-electron chi connectivity index (χ4n) is 0.948. The van der Waals surface area contributed by atoms with E-state index < -0.39 is 0 Å². The van der Waals surface area contributed by atoms with Crippen LogP contribution in [0.4, 0.5) is 5.69 Å². The highest BCUT2D eigenvalue weighted by molar-refractivity contribution is 9.10. The average Bonchev–Trinajstić information content (AvgIpc) is 2.09. The van der Waals surface area contributed by atoms with Crippen LogP contribution in [0, 0.1) is 17.0 Å². The Labute approximate surface area is 88.8 Å². The minimum absolute atomic E-state index is 0.165. The van der Waals surface area contributed by atoms with Crippen LogP contribution < -0.4 is 0 Å². The zero-order chi connectivity index (χ0) is 10.0. The maximum Gasteiger partial charge on any atom is 0.274 e. The second kappa shape index (κ2) is 4.11. The highest BCUT2D eigenvalue weighted by Gasteiger charge is 2.14. The van der Waals surface area contributed by atoms with Gasteiger partial charge in [-0.3, -0.25) is 10.1 Å². The molecule has 0 radical (unpaired) electrons. The topological polar surface area (TPSA) is 43.1 Å². The third-order valence-corrected chi connectivity index (χ3v) is 3.25. The van der Waals surface area contributed by atoms with E-state index in [1.54, 1.807) is 13.0 Å². The number of hydrogen-bond acceptors (Lipinski definition) is 3. The summed E-state index contributed by atoms with van der Waals surface area (Å²) in [7, 11) is 0. The van der Waals surface area contributed by atoms with Crippen molar-refractivity contribution in [2.75, 3.05) is 6.26 Å². The first kappa shape index (κ1) is 10.5. The Balaban J connectivity index is 3.33. The van der Waals surface area contributed by atoms with Gasteiger partial charge >= 0.3 is 0 Å². The van der Waals surface area contributed by atoms with Crippen LogP contribution in [0.5, 0.6) is 0 Å². The third-order valence-electron chi connectivity index (χ3n) is 1.72. The zero-order valence-electron chi connectivity index (χ0n) is 7.20. The van der Waals surface area contributed by atoms with E-state index in [0.717, 1.165) is 9.37 Å². The molecule has 70 valence electrons. The predicted molar refractivity (Wildman–Crippen MR) is 57.3 cm³/mol. The van der Waals surface area contributed by atoms with Gasteiger partial charge in [-0.2, -0.15) is 0 Å². The molecule has 0 aliphatic carbocycles. The van der Waals surface area contributed by atoms with Crippen molar-refractivity contribution in [3.63, 3.8) is 0 Å². The van der Waals surface area contributed by atoms with Gasteiger partial charge in [0.05, 0.1) is 4.92 Å². The van der Waals surface area contributed by atoms with Crippen LogP contribution in [-0.4, -0.2) is 11.2 Å². The van der Waals surface area contributed by atoms with Crippen LogP contribution in [-0.2, 0) is 0 Å². The summed E-state index contributed by atoms with van der Waals surface area (Å²) in [5.41, 5.74) is 0.835. The van der Waals surface area contributed by atoms with Crippen molar-refractivity contribution in [2.24, 2.45) is 0 Å². The number of halogens is 1. The summed E-state index contributed by atoms with van der Waals surface area (Å²) in [6.07, 6.45) is 1.89. The lowest BCUT2D eigenvalue weighted by Crippen LogP contribution is -1.92. The number of rotatable bonds is 2. The maximum absolute atomic E-state index is 10.6. The lowest BCUT2D eigenvalue weighted by atomic mass is 10.2. The monoisotopic (exact) mass is 261 g/mol. The quantitative estimate of drug-likeness (QED) is 0.466. The fourth-order valence-corrected chi connectivity index (χ4v) is 2.01. The zero-order valence-corrected chi connectivity index (χ0v) is 9.61. The Morgan fingerprint density at radius 3 is 2.62 bits per heavy atom. The molecule has 3 nitrogen and oxygen atoms in total. The Morgan fingerprint density at radius 1 is 1.54 bits per heavy atom. The normalized spacial score (nSPS) is 10.1. The van der Waals surface area contributed by atoms with Crippen molar-refractivity contribution in [2.45, 2.75) is 11.8 Å². The molecule has 0 saturated carbocycles. The molecule has 1 aromatic rings. The van der Waals surface area contributed by atoms with Crippen molar-refractivity contribution in [1.82, 2.24) is 0 Å². The van der Waals surface area contributed by atoms with Gasteiger partial charge in [-0.15, -0.1) is 11.8 Å². The van der Waals surface area contributed by atoms with E-state index in [2.05, 4.69) is 15.9 Å². The molecule has 13 heavy (non-hydrogen) atoms. The van der Waals surface area contributed by atoms with Crippen LogP contribution in [0.25, 0.3) is 0 Å². The second-order valence-electron chi connectivity index (χ2n) is 2.51. The van der Waals surface area contributed by atoms with Crippen molar-refractivity contribution < 1.29 is 4.92 Å². The first-order valence-corrected chi connectivity index (χ1v) is 5.56. The Morgan fingerprint density at radius 2 is 2.15 bits per heavy atom. The lowest BCUT2D eigenvalue weighted by Gasteiger charge is -2.02. The minimum atomic E-state index is -0.361. The molecule has 0 fully saturated rings. The first-order chi connectivity index (χ1) is 6.06. The average molecular weight is 262 g/mol. The lowest BCUT2D eigenvalue weighted by molar-refractivity contribution is -0.385. The summed E-state index contributed by atoms with van der Waals surface area (Å²) in [5.74, 6) is 0. The number of hydrogen-bond donors (Lipinski definition) is 0. The van der Waals surface area contributed by atoms with E-state index in [9.17, 15) is 10.1 Å². The standard InChI is InChI=1S/C8H8BrNO2S/c1-5-7(9)3-6(13-2)4-8(5)10(11)12/h3-4H,1-2H3. The molecule has 0 amide bonds. The Hall–Kier alpha value is -0.550. The third kappa shape index (κ3) is 2.22. The van der Waals surface area contributed by atoms with Gasteiger partial charge in [0.15, 0.2) is 0 Å². The molecule has 0 heterocycles. The van der Waals surface area contributed by atoms with Crippen molar-refractivity contribution in [1.29, 1.82) is 0 Å². The van der Waals surface area contributed by atoms with Gasteiger partial charge in [0.2, 0.25) is 0 Å². The van der Waals surface area contributed by atoms with E-state index in [4.69, 9.17) is 0 Å². The van der Waals surface area contributed by atoms with Crippen LogP contribution in [0.15, 0.2) is 21.5 Å². The largest absolute Gasteiger partial charge is 0.274 e. The van der Waals surface area contributed by atoms with Crippen LogP contribution in [0.2, 0.25) is 0 Å². The molecule has 0 unspecified atom stereocenters. The number of benzene rings is 1. The molecule has 0 bridgehead atoms. The van der Waals surface area contributed by atoms with Gasteiger partial charge in [0, 0.05) is 21.0 Å². The van der Waals surface area contributed by atoms with Gasteiger partial charge in [0.1, 0.15) is 0 Å². The van der Waals surface area contributed by atoms with E-state index >= 15 is 0 Å². The van der Waals surface area contributed by atoms with Crippen molar-refractivity contribution >= 4 is 33.4 Å². The molecule has 5 heteroatoms. The minimum Gasteiger partial charge on any atom is -0.258 e. The molecule has 1 aromatic carbocycles. The van der Waals surface area contributed by atoms with Crippen LogP contribution in [0.3, 0.4) is 0 Å².